The van der Waals surface area contributed by atoms with Crippen LogP contribution in [0.3, 0.4) is 0 Å². The number of methoxy groups -OCH3 is 1. The highest BCUT2D eigenvalue weighted by atomic mass is 79.9. The normalized spacial score (nSPS) is 17.0. The van der Waals surface area contributed by atoms with Crippen LogP contribution in [0.5, 0.6) is 5.75 Å². The molecule has 0 spiro atoms. The molecule has 2 N–H and O–H groups in total. The number of hydrogen-bond donors (Lipinski definition) is 2. The predicted octanol–water partition coefficient (Wildman–Crippen LogP) is 2.74. The van der Waals surface area contributed by atoms with Crippen molar-refractivity contribution in [2.45, 2.75) is 32.1 Å². The summed E-state index contributed by atoms with van der Waals surface area (Å²) in [6, 6.07) is 16.5. The first-order chi connectivity index (χ1) is 16.7. The first-order valence-corrected chi connectivity index (χ1v) is 11.8. The molecule has 3 aromatic rings. The average Bonchev–Trinajstić information content (AvgIpc) is 3.29. The van der Waals surface area contributed by atoms with Crippen molar-refractivity contribution < 1.29 is 19.1 Å². The molecule has 9 nitrogen and oxygen atoms in total. The number of benzene rings is 2. The van der Waals surface area contributed by atoms with Crippen LogP contribution in [-0.2, 0) is 24.4 Å². The lowest BCUT2D eigenvalue weighted by Crippen LogP contribution is -2.62. The van der Waals surface area contributed by atoms with Crippen molar-refractivity contribution in [3.8, 4) is 5.75 Å². The summed E-state index contributed by atoms with van der Waals surface area (Å²) in [7, 11) is 3.15. The van der Waals surface area contributed by atoms with Crippen molar-refractivity contribution in [3.63, 3.8) is 0 Å². The zero-order chi connectivity index (χ0) is 25.2. The number of carbonyl (C=O) groups is 3. The fraction of sp³-hybridized carbons (Fsp3) is 0.280. The largest absolute Gasteiger partial charge is 0.496 e. The van der Waals surface area contributed by atoms with E-state index in [4.69, 9.17) is 4.74 Å². The Morgan fingerprint density at radius 1 is 1.11 bits per heavy atom. The summed E-state index contributed by atoms with van der Waals surface area (Å²) >= 11 is 3.42. The summed E-state index contributed by atoms with van der Waals surface area (Å²) in [5, 5.41) is 10.1. The molecule has 182 valence electrons. The van der Waals surface area contributed by atoms with Crippen molar-refractivity contribution >= 4 is 33.7 Å². The number of likely N-dealkylation sites (N-methyl/N-ethyl adjacent to an activating group) is 1. The Hall–Kier alpha value is -3.66. The molecule has 35 heavy (non-hydrogen) atoms. The second-order valence-corrected chi connectivity index (χ2v) is 9.43. The fourth-order valence-corrected chi connectivity index (χ4v) is 4.37. The maximum absolute atomic E-state index is 13.1. The Morgan fingerprint density at radius 2 is 1.86 bits per heavy atom. The Labute approximate surface area is 211 Å². The number of halogens is 1. The van der Waals surface area contributed by atoms with Gasteiger partial charge in [0.1, 0.15) is 17.0 Å². The van der Waals surface area contributed by atoms with Crippen LogP contribution < -0.4 is 15.4 Å². The molecule has 2 heterocycles. The van der Waals surface area contributed by atoms with Gasteiger partial charge in [-0.3, -0.25) is 19.1 Å². The van der Waals surface area contributed by atoms with Crippen molar-refractivity contribution in [2.75, 3.05) is 14.2 Å². The molecule has 1 atom stereocenters. The third-order valence-corrected chi connectivity index (χ3v) is 6.69. The van der Waals surface area contributed by atoms with E-state index in [0.717, 1.165) is 15.6 Å². The molecule has 0 saturated carbocycles. The number of nitrogens with one attached hydrogen (secondary N) is 2. The van der Waals surface area contributed by atoms with E-state index < -0.39 is 11.4 Å². The van der Waals surface area contributed by atoms with Crippen LogP contribution in [0.1, 0.15) is 39.0 Å². The number of carbonyl (C=O) groups excluding carboxylic acids is 3. The third kappa shape index (κ3) is 4.93. The standard InChI is InChI=1S/C25H26BrN5O4/c1-25(24(34)28-13-16-7-5-4-6-8-16)15-31-20(23(33)30(25)2)12-19(29-31)22(32)27-14-17-11-18(26)9-10-21(17)35-3/h4-12H,13-15H2,1-3H3,(H,27,32)(H,28,34)/t25-/m0/s1. The molecule has 2 aromatic carbocycles. The number of amides is 3. The summed E-state index contributed by atoms with van der Waals surface area (Å²) in [5.74, 6) is -0.466. The van der Waals surface area contributed by atoms with Gasteiger partial charge in [-0.1, -0.05) is 46.3 Å². The van der Waals surface area contributed by atoms with Crippen molar-refractivity contribution in [1.29, 1.82) is 0 Å². The van der Waals surface area contributed by atoms with Gasteiger partial charge in [0.2, 0.25) is 5.91 Å². The van der Waals surface area contributed by atoms with Crippen molar-refractivity contribution in [3.05, 3.63) is 81.6 Å². The smallest absolute Gasteiger partial charge is 0.272 e. The van der Waals surface area contributed by atoms with Gasteiger partial charge in [0.05, 0.1) is 13.7 Å². The lowest BCUT2D eigenvalue weighted by Gasteiger charge is -2.40. The SMILES string of the molecule is COc1ccc(Br)cc1CNC(=O)c1cc2n(n1)C[C@@](C)(C(=O)NCc1ccccc1)N(C)C2=O. The second kappa shape index (κ2) is 9.91. The number of rotatable bonds is 7. The lowest BCUT2D eigenvalue weighted by atomic mass is 9.96. The molecule has 1 aliphatic heterocycles. The van der Waals surface area contributed by atoms with Gasteiger partial charge in [-0.2, -0.15) is 5.10 Å². The lowest BCUT2D eigenvalue weighted by molar-refractivity contribution is -0.132. The Balaban J connectivity index is 1.48. The highest BCUT2D eigenvalue weighted by molar-refractivity contribution is 9.10. The van der Waals surface area contributed by atoms with Gasteiger partial charge in [-0.25, -0.2) is 0 Å². The van der Waals surface area contributed by atoms with E-state index in [0.29, 0.717) is 12.3 Å². The zero-order valence-electron chi connectivity index (χ0n) is 19.7. The minimum Gasteiger partial charge on any atom is -0.496 e. The summed E-state index contributed by atoms with van der Waals surface area (Å²) in [5.41, 5.74) is 0.936. The molecule has 0 aliphatic carbocycles. The first-order valence-electron chi connectivity index (χ1n) is 11.0. The summed E-state index contributed by atoms with van der Waals surface area (Å²) < 4.78 is 7.63. The number of aromatic nitrogens is 2. The number of nitrogens with zero attached hydrogens (tertiary/aromatic N) is 3. The minimum absolute atomic E-state index is 0.102. The summed E-state index contributed by atoms with van der Waals surface area (Å²) in [6.45, 7) is 2.38. The van der Waals surface area contributed by atoms with E-state index >= 15 is 0 Å². The maximum Gasteiger partial charge on any atom is 0.272 e. The second-order valence-electron chi connectivity index (χ2n) is 8.52. The van der Waals surface area contributed by atoms with E-state index in [1.807, 2.05) is 42.5 Å². The predicted molar refractivity (Wildman–Crippen MR) is 133 cm³/mol. The van der Waals surface area contributed by atoms with Crippen LogP contribution in [0, 0.1) is 0 Å². The number of ether oxygens (including phenoxy) is 1. The summed E-state index contributed by atoms with van der Waals surface area (Å²) in [4.78, 5) is 40.4. The molecule has 1 aliphatic rings. The van der Waals surface area contributed by atoms with E-state index in [1.54, 1.807) is 27.1 Å². The van der Waals surface area contributed by atoms with E-state index in [2.05, 4.69) is 31.7 Å². The van der Waals surface area contributed by atoms with E-state index in [-0.39, 0.29) is 36.3 Å². The first kappa shape index (κ1) is 24.5. The molecule has 0 bridgehead atoms. The molecule has 1 aromatic heterocycles. The van der Waals surface area contributed by atoms with Gasteiger partial charge in [0, 0.05) is 36.2 Å². The molecule has 0 saturated heterocycles. The molecule has 0 radical (unpaired) electrons. The van der Waals surface area contributed by atoms with E-state index in [1.165, 1.54) is 15.6 Å². The highest BCUT2D eigenvalue weighted by Crippen LogP contribution is 2.27. The molecule has 0 fully saturated rings. The monoisotopic (exact) mass is 539 g/mol. The quantitative estimate of drug-likeness (QED) is 0.480. The van der Waals surface area contributed by atoms with Crippen molar-refractivity contribution in [2.24, 2.45) is 0 Å². The average molecular weight is 540 g/mol. The third-order valence-electron chi connectivity index (χ3n) is 6.20. The molecular formula is C25H26BrN5O4. The molecular weight excluding hydrogens is 514 g/mol. The topological polar surface area (TPSA) is 106 Å². The minimum atomic E-state index is -1.16. The van der Waals surface area contributed by atoms with Gasteiger partial charge in [0.15, 0.2) is 5.69 Å². The van der Waals surface area contributed by atoms with Gasteiger partial charge in [-0.05, 0) is 30.7 Å². The number of hydrogen-bond acceptors (Lipinski definition) is 5. The van der Waals surface area contributed by atoms with Gasteiger partial charge in [0.25, 0.3) is 11.8 Å². The van der Waals surface area contributed by atoms with E-state index in [9.17, 15) is 14.4 Å². The zero-order valence-corrected chi connectivity index (χ0v) is 21.3. The highest BCUT2D eigenvalue weighted by Gasteiger charge is 2.46. The fourth-order valence-electron chi connectivity index (χ4n) is 3.96. The van der Waals surface area contributed by atoms with Crippen LogP contribution in [0.15, 0.2) is 59.1 Å². The maximum atomic E-state index is 13.1. The Kier molecular flexibility index (Phi) is 6.93. The molecule has 3 amide bonds. The molecule has 10 heteroatoms. The van der Waals surface area contributed by atoms with Crippen LogP contribution >= 0.6 is 15.9 Å². The van der Waals surface area contributed by atoms with Crippen LogP contribution in [0.2, 0.25) is 0 Å². The van der Waals surface area contributed by atoms with Crippen molar-refractivity contribution in [1.82, 2.24) is 25.3 Å². The molecule has 0 unspecified atom stereocenters. The van der Waals surface area contributed by atoms with Crippen LogP contribution in [0.25, 0.3) is 0 Å². The Bertz CT molecular complexity index is 1280. The Morgan fingerprint density at radius 3 is 2.57 bits per heavy atom. The van der Waals surface area contributed by atoms with Gasteiger partial charge >= 0.3 is 0 Å². The van der Waals surface area contributed by atoms with Gasteiger partial charge < -0.3 is 20.3 Å². The van der Waals surface area contributed by atoms with Crippen LogP contribution in [-0.4, -0.2) is 52.1 Å². The van der Waals surface area contributed by atoms with Crippen LogP contribution in [0.4, 0.5) is 0 Å². The van der Waals surface area contributed by atoms with Gasteiger partial charge in [-0.15, -0.1) is 0 Å². The molecule has 4 rings (SSSR count). The number of fused-ring (bicyclic) bond motifs is 1. The summed E-state index contributed by atoms with van der Waals surface area (Å²) in [6.07, 6.45) is 0.